The lowest BCUT2D eigenvalue weighted by molar-refractivity contribution is 0.468. The Morgan fingerprint density at radius 1 is 1.24 bits per heavy atom. The Hall–Kier alpha value is -0.330. The van der Waals surface area contributed by atoms with Gasteiger partial charge in [-0.3, -0.25) is 0 Å². The van der Waals surface area contributed by atoms with E-state index in [0.29, 0.717) is 18.1 Å². The number of hydrogen-bond acceptors (Lipinski definition) is 3. The van der Waals surface area contributed by atoms with Crippen LogP contribution in [0.4, 0.5) is 0 Å². The lowest BCUT2D eigenvalue weighted by atomic mass is 10.2. The molecule has 1 N–H and O–H groups in total. The molecule has 0 saturated carbocycles. The molecular formula is C14H22Cl2N2O2S. The highest BCUT2D eigenvalue weighted by atomic mass is 35.5. The molecule has 1 aromatic rings. The number of rotatable bonds is 7. The van der Waals surface area contributed by atoms with Crippen molar-refractivity contribution in [3.8, 4) is 0 Å². The van der Waals surface area contributed by atoms with E-state index in [4.69, 9.17) is 23.2 Å². The summed E-state index contributed by atoms with van der Waals surface area (Å²) in [6, 6.07) is 3.33. The van der Waals surface area contributed by atoms with Gasteiger partial charge in [0.15, 0.2) is 0 Å². The van der Waals surface area contributed by atoms with Crippen LogP contribution in [0.5, 0.6) is 0 Å². The summed E-state index contributed by atoms with van der Waals surface area (Å²) in [6.07, 6.45) is 0.739. The summed E-state index contributed by atoms with van der Waals surface area (Å²) in [5.74, 6) is 0. The van der Waals surface area contributed by atoms with Crippen LogP contribution >= 0.6 is 23.2 Å². The number of nitrogens with zero attached hydrogens (tertiary/aromatic N) is 1. The van der Waals surface area contributed by atoms with E-state index >= 15 is 0 Å². The number of sulfonamides is 1. The smallest absolute Gasteiger partial charge is 0.244 e. The van der Waals surface area contributed by atoms with E-state index in [1.165, 1.54) is 10.4 Å². The molecule has 0 atom stereocenters. The van der Waals surface area contributed by atoms with Crippen LogP contribution < -0.4 is 5.32 Å². The van der Waals surface area contributed by atoms with E-state index in [2.05, 4.69) is 5.32 Å². The van der Waals surface area contributed by atoms with Gasteiger partial charge in [-0.15, -0.1) is 0 Å². The Labute approximate surface area is 137 Å². The van der Waals surface area contributed by atoms with Crippen molar-refractivity contribution in [2.45, 2.75) is 44.7 Å². The number of halogens is 2. The van der Waals surface area contributed by atoms with E-state index in [0.717, 1.165) is 12.0 Å². The Bertz CT molecular complexity index is 589. The fourth-order valence-electron chi connectivity index (χ4n) is 1.82. The van der Waals surface area contributed by atoms with Gasteiger partial charge in [-0.05, 0) is 24.1 Å². The molecule has 0 fully saturated rings. The Balaban J connectivity index is 3.21. The first kappa shape index (κ1) is 18.7. The van der Waals surface area contributed by atoms with Crippen LogP contribution in [0.3, 0.4) is 0 Å². The first-order valence-electron chi connectivity index (χ1n) is 6.87. The summed E-state index contributed by atoms with van der Waals surface area (Å²) in [5.41, 5.74) is 0.721. The average Bonchev–Trinajstić information content (AvgIpc) is 2.37. The van der Waals surface area contributed by atoms with Crippen LogP contribution in [-0.2, 0) is 16.6 Å². The molecule has 0 aliphatic heterocycles. The third kappa shape index (κ3) is 4.83. The van der Waals surface area contributed by atoms with Crippen molar-refractivity contribution in [3.05, 3.63) is 27.7 Å². The summed E-state index contributed by atoms with van der Waals surface area (Å²) >= 11 is 12.2. The van der Waals surface area contributed by atoms with E-state index < -0.39 is 10.0 Å². The quantitative estimate of drug-likeness (QED) is 0.816. The van der Waals surface area contributed by atoms with Crippen molar-refractivity contribution in [2.75, 3.05) is 13.6 Å². The molecule has 7 heteroatoms. The Kier molecular flexibility index (Phi) is 6.94. The summed E-state index contributed by atoms with van der Waals surface area (Å²) < 4.78 is 26.4. The summed E-state index contributed by atoms with van der Waals surface area (Å²) in [5, 5.41) is 3.83. The van der Waals surface area contributed by atoms with Crippen molar-refractivity contribution in [1.29, 1.82) is 0 Å². The summed E-state index contributed by atoms with van der Waals surface area (Å²) in [6.45, 7) is 6.88. The average molecular weight is 353 g/mol. The molecule has 0 radical (unpaired) electrons. The van der Waals surface area contributed by atoms with Gasteiger partial charge >= 0.3 is 0 Å². The molecule has 120 valence electrons. The van der Waals surface area contributed by atoms with Crippen LogP contribution in [0.2, 0.25) is 10.0 Å². The van der Waals surface area contributed by atoms with Crippen LogP contribution in [0.1, 0.15) is 32.8 Å². The predicted octanol–water partition coefficient (Wildman–Crippen LogP) is 3.52. The SMILES string of the molecule is CCCN(C)S(=O)(=O)c1cc(CNC(C)C)c(Cl)cc1Cl. The third-order valence-corrected chi connectivity index (χ3v) is 5.70. The van der Waals surface area contributed by atoms with Crippen LogP contribution in [0.25, 0.3) is 0 Å². The van der Waals surface area contributed by atoms with Gasteiger partial charge in [-0.25, -0.2) is 12.7 Å². The molecule has 1 aromatic carbocycles. The first-order valence-corrected chi connectivity index (χ1v) is 9.07. The largest absolute Gasteiger partial charge is 0.310 e. The van der Waals surface area contributed by atoms with Crippen molar-refractivity contribution >= 4 is 33.2 Å². The highest BCUT2D eigenvalue weighted by Gasteiger charge is 2.24. The molecule has 0 unspecified atom stereocenters. The van der Waals surface area contributed by atoms with Crippen LogP contribution in [-0.4, -0.2) is 32.4 Å². The van der Waals surface area contributed by atoms with Gasteiger partial charge < -0.3 is 5.32 Å². The van der Waals surface area contributed by atoms with E-state index in [-0.39, 0.29) is 16.0 Å². The molecular weight excluding hydrogens is 331 g/mol. The molecule has 0 bridgehead atoms. The minimum absolute atomic E-state index is 0.102. The third-order valence-electron chi connectivity index (χ3n) is 3.03. The molecule has 0 aromatic heterocycles. The molecule has 0 aliphatic rings. The van der Waals surface area contributed by atoms with Gasteiger partial charge in [0, 0.05) is 31.2 Å². The topological polar surface area (TPSA) is 49.4 Å². The predicted molar refractivity (Wildman–Crippen MR) is 88.5 cm³/mol. The molecule has 0 heterocycles. The fraction of sp³-hybridized carbons (Fsp3) is 0.571. The van der Waals surface area contributed by atoms with E-state index in [9.17, 15) is 8.42 Å². The van der Waals surface area contributed by atoms with Crippen molar-refractivity contribution < 1.29 is 8.42 Å². The summed E-state index contributed by atoms with van der Waals surface area (Å²) in [4.78, 5) is 0.102. The number of benzene rings is 1. The maximum absolute atomic E-state index is 12.5. The van der Waals surface area contributed by atoms with E-state index in [1.807, 2.05) is 20.8 Å². The maximum atomic E-state index is 12.5. The zero-order valence-electron chi connectivity index (χ0n) is 12.8. The monoisotopic (exact) mass is 352 g/mol. The molecule has 1 rings (SSSR count). The normalized spacial score (nSPS) is 12.4. The Morgan fingerprint density at radius 2 is 1.86 bits per heavy atom. The highest BCUT2D eigenvalue weighted by Crippen LogP contribution is 2.30. The number of nitrogens with one attached hydrogen (secondary N) is 1. The second kappa shape index (κ2) is 7.79. The van der Waals surface area contributed by atoms with Crippen molar-refractivity contribution in [3.63, 3.8) is 0 Å². The van der Waals surface area contributed by atoms with Crippen molar-refractivity contribution in [1.82, 2.24) is 9.62 Å². The highest BCUT2D eigenvalue weighted by molar-refractivity contribution is 7.89. The molecule has 0 spiro atoms. The molecule has 4 nitrogen and oxygen atoms in total. The zero-order valence-corrected chi connectivity index (χ0v) is 15.1. The molecule has 0 amide bonds. The minimum atomic E-state index is -3.59. The van der Waals surface area contributed by atoms with Gasteiger partial charge in [0.2, 0.25) is 10.0 Å². The van der Waals surface area contributed by atoms with Gasteiger partial charge in [0.1, 0.15) is 4.90 Å². The lowest BCUT2D eigenvalue weighted by Crippen LogP contribution is -2.28. The minimum Gasteiger partial charge on any atom is -0.310 e. The zero-order chi connectivity index (χ0) is 16.2. The lowest BCUT2D eigenvalue weighted by Gasteiger charge is -2.19. The van der Waals surface area contributed by atoms with Gasteiger partial charge in [0.05, 0.1) is 5.02 Å². The molecule has 0 aliphatic carbocycles. The van der Waals surface area contributed by atoms with Crippen LogP contribution in [0.15, 0.2) is 17.0 Å². The first-order chi connectivity index (χ1) is 9.70. The second-order valence-electron chi connectivity index (χ2n) is 5.24. The second-order valence-corrected chi connectivity index (χ2v) is 8.06. The van der Waals surface area contributed by atoms with E-state index in [1.54, 1.807) is 13.1 Å². The molecule has 21 heavy (non-hydrogen) atoms. The summed E-state index contributed by atoms with van der Waals surface area (Å²) in [7, 11) is -2.04. The number of hydrogen-bond donors (Lipinski definition) is 1. The Morgan fingerprint density at radius 3 is 2.38 bits per heavy atom. The van der Waals surface area contributed by atoms with Gasteiger partial charge in [-0.2, -0.15) is 0 Å². The van der Waals surface area contributed by atoms with Crippen LogP contribution in [0, 0.1) is 0 Å². The van der Waals surface area contributed by atoms with Gasteiger partial charge in [0.25, 0.3) is 0 Å². The maximum Gasteiger partial charge on any atom is 0.244 e. The standard InChI is InChI=1S/C14H22Cl2N2O2S/c1-5-6-18(4)21(19,20)14-7-11(9-17-10(2)3)12(15)8-13(14)16/h7-8,10,17H,5-6,9H2,1-4H3. The van der Waals surface area contributed by atoms with Crippen molar-refractivity contribution in [2.24, 2.45) is 0 Å². The fourth-order valence-corrected chi connectivity index (χ4v) is 3.92. The molecule has 0 saturated heterocycles. The van der Waals surface area contributed by atoms with Gasteiger partial charge in [-0.1, -0.05) is 44.0 Å².